The third kappa shape index (κ3) is 2.89. The maximum atomic E-state index is 12.9. The quantitative estimate of drug-likeness (QED) is 0.817. The molecule has 1 atom stereocenters. The highest BCUT2D eigenvalue weighted by Crippen LogP contribution is 2.30. The van der Waals surface area contributed by atoms with Gasteiger partial charge in [-0.3, -0.25) is 14.5 Å². The number of carbonyl (C=O) groups excluding carboxylic acids is 3. The zero-order chi connectivity index (χ0) is 18.9. The Morgan fingerprint density at radius 1 is 1.15 bits per heavy atom. The van der Waals surface area contributed by atoms with Crippen LogP contribution in [-0.4, -0.2) is 22.7 Å². The third-order valence-corrected chi connectivity index (χ3v) is 4.45. The summed E-state index contributed by atoms with van der Waals surface area (Å²) in [6.45, 7) is 1.72. The Balaban J connectivity index is 1.85. The number of primary amides is 1. The highest BCUT2D eigenvalue weighted by Gasteiger charge is 2.48. The van der Waals surface area contributed by atoms with Crippen molar-refractivity contribution in [2.75, 3.05) is 0 Å². The summed E-state index contributed by atoms with van der Waals surface area (Å²) < 4.78 is 0. The number of nitrogens with one attached hydrogen (secondary N) is 1. The number of amides is 4. The van der Waals surface area contributed by atoms with Crippen molar-refractivity contribution < 1.29 is 14.4 Å². The highest BCUT2D eigenvalue weighted by molar-refractivity contribution is 6.07. The van der Waals surface area contributed by atoms with Gasteiger partial charge in [0, 0.05) is 5.56 Å². The SMILES string of the molecule is CC1(c2ccc(C(N)=O)cc2)NC(=O)N(Cc2ccc(C#N)cc2)C1=O. The summed E-state index contributed by atoms with van der Waals surface area (Å²) in [5, 5.41) is 11.5. The molecule has 3 N–H and O–H groups in total. The van der Waals surface area contributed by atoms with Crippen molar-refractivity contribution in [1.82, 2.24) is 10.2 Å². The Bertz CT molecular complexity index is 929. The number of imide groups is 1. The molecule has 0 bridgehead atoms. The van der Waals surface area contributed by atoms with Crippen LogP contribution in [0.4, 0.5) is 4.79 Å². The predicted molar refractivity (Wildman–Crippen MR) is 92.6 cm³/mol. The van der Waals surface area contributed by atoms with Crippen molar-refractivity contribution in [2.45, 2.75) is 19.0 Å². The van der Waals surface area contributed by atoms with Gasteiger partial charge in [-0.2, -0.15) is 5.26 Å². The second-order valence-electron chi connectivity index (χ2n) is 6.20. The van der Waals surface area contributed by atoms with E-state index in [9.17, 15) is 14.4 Å². The number of nitrogens with zero attached hydrogens (tertiary/aromatic N) is 2. The van der Waals surface area contributed by atoms with E-state index in [1.165, 1.54) is 12.1 Å². The molecule has 2 aromatic carbocycles. The summed E-state index contributed by atoms with van der Waals surface area (Å²) in [5.74, 6) is -0.954. The lowest BCUT2D eigenvalue weighted by Crippen LogP contribution is -2.40. The molecule has 4 amide bonds. The standard InChI is InChI=1S/C19H16N4O3/c1-19(15-8-6-14(7-9-15)16(21)24)17(25)23(18(26)22-19)11-13-4-2-12(10-20)3-5-13/h2-9H,11H2,1H3,(H2,21,24)(H,22,26). The summed E-state index contributed by atoms with van der Waals surface area (Å²) >= 11 is 0. The molecule has 1 fully saturated rings. The van der Waals surface area contributed by atoms with Crippen LogP contribution in [-0.2, 0) is 16.9 Å². The molecule has 130 valence electrons. The van der Waals surface area contributed by atoms with E-state index < -0.39 is 23.4 Å². The summed E-state index contributed by atoms with van der Waals surface area (Å²) in [6, 6.07) is 14.4. The number of hydrogen-bond donors (Lipinski definition) is 2. The van der Waals surface area contributed by atoms with Crippen molar-refractivity contribution >= 4 is 17.8 Å². The first-order chi connectivity index (χ1) is 12.3. The normalized spacial score (nSPS) is 19.2. The van der Waals surface area contributed by atoms with Gasteiger partial charge in [0.15, 0.2) is 0 Å². The molecular weight excluding hydrogens is 332 g/mol. The molecule has 1 aliphatic rings. The number of nitrogens with two attached hydrogens (primary N) is 1. The van der Waals surface area contributed by atoms with Crippen LogP contribution in [0.1, 0.15) is 34.0 Å². The second kappa shape index (κ2) is 6.33. The molecule has 1 saturated heterocycles. The average Bonchev–Trinajstić information content (AvgIpc) is 2.86. The summed E-state index contributed by atoms with van der Waals surface area (Å²) in [7, 11) is 0. The summed E-state index contributed by atoms with van der Waals surface area (Å²) in [5.41, 5.74) is 6.12. The van der Waals surface area contributed by atoms with E-state index in [1.807, 2.05) is 6.07 Å². The van der Waals surface area contributed by atoms with E-state index in [-0.39, 0.29) is 6.54 Å². The molecule has 0 aliphatic carbocycles. The molecule has 7 nitrogen and oxygen atoms in total. The minimum atomic E-state index is -1.22. The van der Waals surface area contributed by atoms with E-state index in [0.717, 1.165) is 10.5 Å². The molecule has 2 aromatic rings. The summed E-state index contributed by atoms with van der Waals surface area (Å²) in [4.78, 5) is 37.5. The molecule has 1 unspecified atom stereocenters. The van der Waals surface area contributed by atoms with Crippen molar-refractivity contribution in [3.05, 3.63) is 70.8 Å². The van der Waals surface area contributed by atoms with Crippen LogP contribution in [0, 0.1) is 11.3 Å². The third-order valence-electron chi connectivity index (χ3n) is 4.45. The van der Waals surface area contributed by atoms with Crippen LogP contribution >= 0.6 is 0 Å². The monoisotopic (exact) mass is 348 g/mol. The van der Waals surface area contributed by atoms with Crippen LogP contribution < -0.4 is 11.1 Å². The van der Waals surface area contributed by atoms with Crippen molar-refractivity contribution in [2.24, 2.45) is 5.73 Å². The Labute approximate surface area is 150 Å². The summed E-state index contributed by atoms with van der Waals surface area (Å²) in [6.07, 6.45) is 0. The molecule has 26 heavy (non-hydrogen) atoms. The molecule has 1 aliphatic heterocycles. The number of nitriles is 1. The Morgan fingerprint density at radius 3 is 2.31 bits per heavy atom. The van der Waals surface area contributed by atoms with E-state index in [2.05, 4.69) is 5.32 Å². The average molecular weight is 348 g/mol. The lowest BCUT2D eigenvalue weighted by Gasteiger charge is -2.22. The Kier molecular flexibility index (Phi) is 4.18. The molecule has 0 aromatic heterocycles. The number of carbonyl (C=O) groups is 3. The fourth-order valence-electron chi connectivity index (χ4n) is 2.87. The molecular formula is C19H16N4O3. The van der Waals surface area contributed by atoms with E-state index >= 15 is 0 Å². The fourth-order valence-corrected chi connectivity index (χ4v) is 2.87. The molecule has 1 heterocycles. The minimum Gasteiger partial charge on any atom is -0.366 e. The van der Waals surface area contributed by atoms with E-state index in [4.69, 9.17) is 11.0 Å². The topological polar surface area (TPSA) is 116 Å². The molecule has 0 radical (unpaired) electrons. The van der Waals surface area contributed by atoms with Crippen LogP contribution in [0.2, 0.25) is 0 Å². The van der Waals surface area contributed by atoms with Gasteiger partial charge in [0.1, 0.15) is 5.54 Å². The lowest BCUT2D eigenvalue weighted by molar-refractivity contribution is -0.131. The maximum absolute atomic E-state index is 12.9. The van der Waals surface area contributed by atoms with Gasteiger partial charge < -0.3 is 11.1 Å². The predicted octanol–water partition coefficient (Wildman–Crippen LogP) is 1.62. The number of hydrogen-bond acceptors (Lipinski definition) is 4. The van der Waals surface area contributed by atoms with Crippen LogP contribution in [0.25, 0.3) is 0 Å². The van der Waals surface area contributed by atoms with Gasteiger partial charge in [-0.25, -0.2) is 4.79 Å². The van der Waals surface area contributed by atoms with Gasteiger partial charge >= 0.3 is 6.03 Å². The van der Waals surface area contributed by atoms with Gasteiger partial charge in [-0.15, -0.1) is 0 Å². The molecule has 3 rings (SSSR count). The largest absolute Gasteiger partial charge is 0.366 e. The van der Waals surface area contributed by atoms with Gasteiger partial charge in [0.25, 0.3) is 5.91 Å². The Morgan fingerprint density at radius 2 is 1.77 bits per heavy atom. The van der Waals surface area contributed by atoms with Crippen LogP contribution in [0.5, 0.6) is 0 Å². The number of benzene rings is 2. The highest BCUT2D eigenvalue weighted by atomic mass is 16.2. The number of rotatable bonds is 4. The Hall–Kier alpha value is -3.66. The van der Waals surface area contributed by atoms with E-state index in [1.54, 1.807) is 43.3 Å². The van der Waals surface area contributed by atoms with Gasteiger partial charge in [-0.05, 0) is 42.3 Å². The van der Waals surface area contributed by atoms with Crippen LogP contribution in [0.3, 0.4) is 0 Å². The van der Waals surface area contributed by atoms with E-state index in [0.29, 0.717) is 16.7 Å². The van der Waals surface area contributed by atoms with Gasteiger partial charge in [0.05, 0.1) is 18.2 Å². The van der Waals surface area contributed by atoms with Crippen molar-refractivity contribution in [1.29, 1.82) is 5.26 Å². The fraction of sp³-hybridized carbons (Fsp3) is 0.158. The molecule has 7 heteroatoms. The second-order valence-corrected chi connectivity index (χ2v) is 6.20. The smallest absolute Gasteiger partial charge is 0.325 e. The first-order valence-electron chi connectivity index (χ1n) is 7.88. The zero-order valence-corrected chi connectivity index (χ0v) is 14.0. The van der Waals surface area contributed by atoms with Gasteiger partial charge in [0.2, 0.25) is 5.91 Å². The number of urea groups is 1. The molecule has 0 spiro atoms. The lowest BCUT2D eigenvalue weighted by atomic mass is 9.91. The van der Waals surface area contributed by atoms with Crippen molar-refractivity contribution in [3.63, 3.8) is 0 Å². The van der Waals surface area contributed by atoms with Crippen LogP contribution in [0.15, 0.2) is 48.5 Å². The molecule has 0 saturated carbocycles. The zero-order valence-electron chi connectivity index (χ0n) is 14.0. The maximum Gasteiger partial charge on any atom is 0.325 e. The first-order valence-corrected chi connectivity index (χ1v) is 7.88. The minimum absolute atomic E-state index is 0.103. The first kappa shape index (κ1) is 17.2. The van der Waals surface area contributed by atoms with Gasteiger partial charge in [-0.1, -0.05) is 24.3 Å². The van der Waals surface area contributed by atoms with Crippen molar-refractivity contribution in [3.8, 4) is 6.07 Å².